The quantitative estimate of drug-likeness (QED) is 0.566. The number of benzene rings is 1. The minimum absolute atomic E-state index is 0.110. The first-order valence-electron chi connectivity index (χ1n) is 6.50. The van der Waals surface area contributed by atoms with Crippen LogP contribution in [0, 0.1) is 0 Å². The van der Waals surface area contributed by atoms with Gasteiger partial charge in [0.25, 0.3) is 0 Å². The fraction of sp³-hybridized carbons (Fsp3) is 0. The molecular formula is C14H7ClN6O2. The van der Waals surface area contributed by atoms with E-state index in [-0.39, 0.29) is 11.8 Å². The molecule has 112 valence electrons. The van der Waals surface area contributed by atoms with E-state index in [2.05, 4.69) is 30.2 Å². The highest BCUT2D eigenvalue weighted by Crippen LogP contribution is 2.23. The predicted octanol–water partition coefficient (Wildman–Crippen LogP) is 2.90. The lowest BCUT2D eigenvalue weighted by Gasteiger charge is -1.92. The Kier molecular flexibility index (Phi) is 3.28. The number of halogens is 1. The summed E-state index contributed by atoms with van der Waals surface area (Å²) in [4.78, 5) is 16.4. The van der Waals surface area contributed by atoms with Crippen LogP contribution in [0.4, 0.5) is 0 Å². The van der Waals surface area contributed by atoms with Crippen LogP contribution in [-0.4, -0.2) is 30.2 Å². The third-order valence-electron chi connectivity index (χ3n) is 2.93. The molecule has 0 fully saturated rings. The molecule has 0 saturated heterocycles. The maximum Gasteiger partial charge on any atom is 0.316 e. The van der Waals surface area contributed by atoms with Crippen molar-refractivity contribution in [1.82, 2.24) is 30.2 Å². The van der Waals surface area contributed by atoms with E-state index in [1.54, 1.807) is 30.5 Å². The summed E-state index contributed by atoms with van der Waals surface area (Å²) in [5.74, 6) is 0.922. The molecule has 0 N–H and O–H groups in total. The predicted molar refractivity (Wildman–Crippen MR) is 79.1 cm³/mol. The van der Waals surface area contributed by atoms with Gasteiger partial charge >= 0.3 is 11.8 Å². The van der Waals surface area contributed by atoms with Crippen molar-refractivity contribution >= 4 is 11.6 Å². The molecule has 3 aromatic heterocycles. The van der Waals surface area contributed by atoms with Crippen LogP contribution < -0.4 is 0 Å². The van der Waals surface area contributed by atoms with Crippen LogP contribution in [0.15, 0.2) is 51.9 Å². The van der Waals surface area contributed by atoms with Crippen LogP contribution in [0.5, 0.6) is 0 Å². The van der Waals surface area contributed by atoms with Gasteiger partial charge < -0.3 is 9.05 Å². The van der Waals surface area contributed by atoms with Gasteiger partial charge in [-0.25, -0.2) is 4.98 Å². The molecule has 4 rings (SSSR count). The topological polar surface area (TPSA) is 104 Å². The van der Waals surface area contributed by atoms with Gasteiger partial charge in [0.2, 0.25) is 11.6 Å². The Morgan fingerprint density at radius 2 is 1.52 bits per heavy atom. The van der Waals surface area contributed by atoms with E-state index < -0.39 is 0 Å². The molecule has 8 nitrogen and oxygen atoms in total. The number of aromatic nitrogens is 6. The van der Waals surface area contributed by atoms with Crippen molar-refractivity contribution in [3.8, 4) is 34.7 Å². The highest BCUT2D eigenvalue weighted by atomic mass is 35.5. The van der Waals surface area contributed by atoms with Gasteiger partial charge in [0.05, 0.1) is 6.20 Å². The second-order valence-electron chi connectivity index (χ2n) is 4.44. The Morgan fingerprint density at radius 3 is 2.22 bits per heavy atom. The Bertz CT molecular complexity index is 935. The van der Waals surface area contributed by atoms with E-state index in [9.17, 15) is 0 Å². The first-order valence-corrected chi connectivity index (χ1v) is 6.87. The monoisotopic (exact) mass is 326 g/mol. The van der Waals surface area contributed by atoms with Gasteiger partial charge in [0.15, 0.2) is 0 Å². The lowest BCUT2D eigenvalue weighted by molar-refractivity contribution is 0.383. The summed E-state index contributed by atoms with van der Waals surface area (Å²) in [6, 6.07) is 7.06. The molecule has 0 aliphatic rings. The average molecular weight is 327 g/mol. The third-order valence-corrected chi connectivity index (χ3v) is 3.18. The second kappa shape index (κ2) is 5.58. The molecule has 23 heavy (non-hydrogen) atoms. The molecule has 0 radical (unpaired) electrons. The maximum absolute atomic E-state index is 5.85. The van der Waals surface area contributed by atoms with Crippen molar-refractivity contribution in [3.63, 3.8) is 0 Å². The van der Waals surface area contributed by atoms with Crippen molar-refractivity contribution < 1.29 is 9.05 Å². The van der Waals surface area contributed by atoms with E-state index in [1.165, 1.54) is 12.4 Å². The van der Waals surface area contributed by atoms with Gasteiger partial charge in [0, 0.05) is 23.0 Å². The van der Waals surface area contributed by atoms with Gasteiger partial charge in [-0.1, -0.05) is 21.9 Å². The Labute approximate surface area is 134 Å². The van der Waals surface area contributed by atoms with Crippen molar-refractivity contribution in [2.24, 2.45) is 0 Å². The molecule has 0 aliphatic carbocycles. The smallest absolute Gasteiger partial charge is 0.316 e. The van der Waals surface area contributed by atoms with Crippen LogP contribution in [0.3, 0.4) is 0 Å². The zero-order chi connectivity index (χ0) is 15.6. The van der Waals surface area contributed by atoms with E-state index in [4.69, 9.17) is 20.6 Å². The molecule has 0 aliphatic heterocycles. The standard InChI is InChI=1S/C14H7ClN6O2/c15-9-3-1-8(2-4-9)11-18-13(22-20-11)14-19-12(21-23-14)10-7-16-5-6-17-10/h1-7H. The summed E-state index contributed by atoms with van der Waals surface area (Å²) in [7, 11) is 0. The highest BCUT2D eigenvalue weighted by molar-refractivity contribution is 6.30. The summed E-state index contributed by atoms with van der Waals surface area (Å²) < 4.78 is 10.3. The molecule has 0 amide bonds. The Morgan fingerprint density at radius 1 is 0.826 bits per heavy atom. The third kappa shape index (κ3) is 2.67. The normalized spacial score (nSPS) is 10.8. The number of rotatable bonds is 3. The highest BCUT2D eigenvalue weighted by Gasteiger charge is 2.18. The van der Waals surface area contributed by atoms with Gasteiger partial charge in [-0.2, -0.15) is 9.97 Å². The molecule has 0 unspecified atom stereocenters. The summed E-state index contributed by atoms with van der Waals surface area (Å²) >= 11 is 5.85. The van der Waals surface area contributed by atoms with Crippen molar-refractivity contribution in [3.05, 3.63) is 47.9 Å². The molecule has 0 atom stereocenters. The number of nitrogens with zero attached hydrogens (tertiary/aromatic N) is 6. The molecule has 0 bridgehead atoms. The first-order chi connectivity index (χ1) is 11.3. The molecule has 3 heterocycles. The summed E-state index contributed by atoms with van der Waals surface area (Å²) in [5.41, 5.74) is 1.25. The molecule has 9 heteroatoms. The minimum Gasteiger partial charge on any atom is -0.328 e. The minimum atomic E-state index is 0.110. The van der Waals surface area contributed by atoms with Crippen molar-refractivity contribution in [2.75, 3.05) is 0 Å². The lowest BCUT2D eigenvalue weighted by Crippen LogP contribution is -1.86. The van der Waals surface area contributed by atoms with Crippen molar-refractivity contribution in [1.29, 1.82) is 0 Å². The van der Waals surface area contributed by atoms with Crippen molar-refractivity contribution in [2.45, 2.75) is 0 Å². The lowest BCUT2D eigenvalue weighted by atomic mass is 10.2. The number of hydrogen-bond acceptors (Lipinski definition) is 8. The maximum atomic E-state index is 5.85. The molecule has 1 aromatic carbocycles. The van der Waals surface area contributed by atoms with Gasteiger partial charge in [-0.3, -0.25) is 4.98 Å². The molecular weight excluding hydrogens is 320 g/mol. The van der Waals surface area contributed by atoms with E-state index >= 15 is 0 Å². The largest absolute Gasteiger partial charge is 0.328 e. The average Bonchev–Trinajstić information content (AvgIpc) is 3.26. The fourth-order valence-electron chi connectivity index (χ4n) is 1.86. The summed E-state index contributed by atoms with van der Waals surface area (Å²) in [5, 5.41) is 8.34. The number of hydrogen-bond donors (Lipinski definition) is 0. The van der Waals surface area contributed by atoms with Crippen LogP contribution in [0.2, 0.25) is 5.02 Å². The summed E-state index contributed by atoms with van der Waals surface area (Å²) in [6.45, 7) is 0. The van der Waals surface area contributed by atoms with Crippen LogP contribution >= 0.6 is 11.6 Å². The Hall–Kier alpha value is -3.13. The van der Waals surface area contributed by atoms with Crippen LogP contribution in [0.1, 0.15) is 0 Å². The first kappa shape index (κ1) is 13.5. The van der Waals surface area contributed by atoms with Gasteiger partial charge in [-0.05, 0) is 24.3 Å². The van der Waals surface area contributed by atoms with Crippen LogP contribution in [-0.2, 0) is 0 Å². The SMILES string of the molecule is Clc1ccc(-c2noc(-c3nc(-c4cnccn4)no3)n2)cc1. The van der Waals surface area contributed by atoms with Gasteiger partial charge in [-0.15, -0.1) is 0 Å². The molecule has 0 saturated carbocycles. The zero-order valence-corrected chi connectivity index (χ0v) is 12.2. The summed E-state index contributed by atoms with van der Waals surface area (Å²) in [6.07, 6.45) is 4.62. The van der Waals surface area contributed by atoms with E-state index in [1.807, 2.05) is 0 Å². The Balaban J connectivity index is 1.65. The molecule has 4 aromatic rings. The van der Waals surface area contributed by atoms with E-state index in [0.717, 1.165) is 5.56 Å². The van der Waals surface area contributed by atoms with E-state index in [0.29, 0.717) is 22.4 Å². The van der Waals surface area contributed by atoms with Gasteiger partial charge in [0.1, 0.15) is 5.69 Å². The molecule has 0 spiro atoms. The van der Waals surface area contributed by atoms with Crippen LogP contribution in [0.25, 0.3) is 34.7 Å². The zero-order valence-electron chi connectivity index (χ0n) is 11.4. The fourth-order valence-corrected chi connectivity index (χ4v) is 1.98. The second-order valence-corrected chi connectivity index (χ2v) is 4.88.